The summed E-state index contributed by atoms with van der Waals surface area (Å²) in [5.41, 5.74) is 3.42. The summed E-state index contributed by atoms with van der Waals surface area (Å²) in [4.78, 5) is 27.8. The fraction of sp³-hybridized carbons (Fsp3) is 0.364. The topological polar surface area (TPSA) is 104 Å². The van der Waals surface area contributed by atoms with Crippen molar-refractivity contribution < 1.29 is 13.2 Å². The highest BCUT2D eigenvalue weighted by Gasteiger charge is 2.27. The van der Waals surface area contributed by atoms with Gasteiger partial charge in [-0.05, 0) is 62.1 Å². The quantitative estimate of drug-likeness (QED) is 0.612. The molecule has 0 unspecified atom stereocenters. The molecule has 2 aromatic carbocycles. The first-order valence-electron chi connectivity index (χ1n) is 10.4. The molecule has 0 bridgehead atoms. The molecule has 0 atom stereocenters. The summed E-state index contributed by atoms with van der Waals surface area (Å²) in [7, 11) is -3.56. The molecule has 1 fully saturated rings. The van der Waals surface area contributed by atoms with Gasteiger partial charge in [0.2, 0.25) is 15.9 Å². The number of fused-ring (bicyclic) bond motifs is 1. The van der Waals surface area contributed by atoms with Crippen LogP contribution >= 0.6 is 0 Å². The largest absolute Gasteiger partial charge is 0.326 e. The summed E-state index contributed by atoms with van der Waals surface area (Å²) in [6.45, 7) is 5.11. The Hall–Kier alpha value is -2.91. The Morgan fingerprint density at radius 1 is 1.10 bits per heavy atom. The van der Waals surface area contributed by atoms with Crippen molar-refractivity contribution >= 4 is 32.7 Å². The molecule has 1 saturated heterocycles. The molecule has 2 N–H and O–H groups in total. The van der Waals surface area contributed by atoms with Gasteiger partial charge in [0, 0.05) is 31.7 Å². The number of amides is 1. The highest BCUT2D eigenvalue weighted by atomic mass is 32.2. The summed E-state index contributed by atoms with van der Waals surface area (Å²) in [5, 5.41) is 2.89. The molecular formula is C22H26N4O4S. The van der Waals surface area contributed by atoms with Crippen LogP contribution in [-0.2, 0) is 21.4 Å². The molecule has 4 rings (SSSR count). The van der Waals surface area contributed by atoms with Crippen LogP contribution in [0.5, 0.6) is 0 Å². The van der Waals surface area contributed by atoms with Crippen molar-refractivity contribution in [3.63, 3.8) is 0 Å². The van der Waals surface area contributed by atoms with E-state index in [-0.39, 0.29) is 29.5 Å². The van der Waals surface area contributed by atoms with Crippen molar-refractivity contribution in [3.8, 4) is 0 Å². The van der Waals surface area contributed by atoms with Crippen LogP contribution in [0.15, 0.2) is 46.1 Å². The van der Waals surface area contributed by atoms with Crippen LogP contribution in [0.2, 0.25) is 0 Å². The van der Waals surface area contributed by atoms with E-state index >= 15 is 0 Å². The second-order valence-corrected chi connectivity index (χ2v) is 9.93. The van der Waals surface area contributed by atoms with Crippen molar-refractivity contribution in [1.29, 1.82) is 0 Å². The molecule has 0 radical (unpaired) electrons. The lowest BCUT2D eigenvalue weighted by atomic mass is 10.1. The summed E-state index contributed by atoms with van der Waals surface area (Å²) < 4.78 is 28.5. The number of imidazole rings is 1. The average Bonchev–Trinajstić information content (AvgIpc) is 3.37. The number of anilines is 1. The highest BCUT2D eigenvalue weighted by molar-refractivity contribution is 7.89. The fourth-order valence-electron chi connectivity index (χ4n) is 3.90. The molecule has 1 aromatic heterocycles. The van der Waals surface area contributed by atoms with Crippen molar-refractivity contribution in [2.45, 2.75) is 44.6 Å². The number of nitrogens with one attached hydrogen (secondary N) is 2. The minimum atomic E-state index is -3.56. The number of sulfonamides is 1. The standard InChI is InChI=1S/C22H26N4O4S/c1-15-5-6-16(2)18(13-15)23-21(27)9-12-26-20-8-7-17(14-19(20)24-22(26)28)31(29,30)25-10-3-4-11-25/h5-8,13-14H,3-4,9-12H2,1-2H3,(H,23,27)(H,24,28). The predicted octanol–water partition coefficient (Wildman–Crippen LogP) is 2.76. The Morgan fingerprint density at radius 2 is 1.84 bits per heavy atom. The van der Waals surface area contributed by atoms with Crippen LogP contribution in [0.25, 0.3) is 11.0 Å². The lowest BCUT2D eigenvalue weighted by Crippen LogP contribution is -2.27. The number of carbonyl (C=O) groups excluding carboxylic acids is 1. The predicted molar refractivity (Wildman–Crippen MR) is 120 cm³/mol. The second-order valence-electron chi connectivity index (χ2n) is 7.99. The smallest absolute Gasteiger partial charge is 0.326 e. The van der Waals surface area contributed by atoms with E-state index in [0.29, 0.717) is 24.1 Å². The first-order chi connectivity index (χ1) is 14.8. The van der Waals surface area contributed by atoms with Crippen LogP contribution in [0.4, 0.5) is 5.69 Å². The summed E-state index contributed by atoms with van der Waals surface area (Å²) in [6.07, 6.45) is 1.84. The number of H-pyrrole nitrogens is 1. The minimum absolute atomic E-state index is 0.119. The normalized spacial score (nSPS) is 14.9. The number of benzene rings is 2. The number of aromatic amines is 1. The van der Waals surface area contributed by atoms with Crippen LogP contribution < -0.4 is 11.0 Å². The zero-order chi connectivity index (χ0) is 22.2. The molecule has 8 nitrogen and oxygen atoms in total. The third kappa shape index (κ3) is 4.28. The van der Waals surface area contributed by atoms with Crippen molar-refractivity contribution in [2.75, 3.05) is 18.4 Å². The first kappa shape index (κ1) is 21.3. The van der Waals surface area contributed by atoms with Gasteiger partial charge in [-0.15, -0.1) is 0 Å². The number of hydrogen-bond donors (Lipinski definition) is 2. The molecule has 3 aromatic rings. The summed E-state index contributed by atoms with van der Waals surface area (Å²) in [6, 6.07) is 10.5. The van der Waals surface area contributed by atoms with Gasteiger partial charge in [-0.1, -0.05) is 12.1 Å². The van der Waals surface area contributed by atoms with Gasteiger partial charge in [-0.25, -0.2) is 13.2 Å². The van der Waals surface area contributed by atoms with Gasteiger partial charge in [0.05, 0.1) is 15.9 Å². The summed E-state index contributed by atoms with van der Waals surface area (Å²) in [5.74, 6) is -0.191. The Labute approximate surface area is 180 Å². The molecule has 0 aliphatic carbocycles. The van der Waals surface area contributed by atoms with E-state index < -0.39 is 10.0 Å². The second kappa shape index (κ2) is 8.32. The zero-order valence-corrected chi connectivity index (χ0v) is 18.5. The Bertz CT molecular complexity index is 1300. The van der Waals surface area contributed by atoms with Gasteiger partial charge in [-0.2, -0.15) is 4.31 Å². The third-order valence-electron chi connectivity index (χ3n) is 5.68. The summed E-state index contributed by atoms with van der Waals surface area (Å²) >= 11 is 0. The number of carbonyl (C=O) groups is 1. The lowest BCUT2D eigenvalue weighted by Gasteiger charge is -2.15. The van der Waals surface area contributed by atoms with E-state index in [1.54, 1.807) is 6.07 Å². The molecule has 0 saturated carbocycles. The lowest BCUT2D eigenvalue weighted by molar-refractivity contribution is -0.116. The third-order valence-corrected chi connectivity index (χ3v) is 7.57. The van der Waals surface area contributed by atoms with Gasteiger partial charge < -0.3 is 10.3 Å². The number of hydrogen-bond acceptors (Lipinski definition) is 4. The van der Waals surface area contributed by atoms with Gasteiger partial charge in [0.1, 0.15) is 0 Å². The average molecular weight is 443 g/mol. The van der Waals surface area contributed by atoms with E-state index in [0.717, 1.165) is 29.7 Å². The number of nitrogens with zero attached hydrogens (tertiary/aromatic N) is 2. The molecule has 2 heterocycles. The van der Waals surface area contributed by atoms with Crippen LogP contribution in [0.3, 0.4) is 0 Å². The highest BCUT2D eigenvalue weighted by Crippen LogP contribution is 2.23. The maximum absolute atomic E-state index is 12.8. The van der Waals surface area contributed by atoms with Crippen LogP contribution in [0, 0.1) is 13.8 Å². The van der Waals surface area contributed by atoms with E-state index in [1.807, 2.05) is 32.0 Å². The molecule has 1 aliphatic heterocycles. The molecule has 9 heteroatoms. The zero-order valence-electron chi connectivity index (χ0n) is 17.6. The first-order valence-corrected chi connectivity index (χ1v) is 11.8. The van der Waals surface area contributed by atoms with E-state index in [2.05, 4.69) is 10.3 Å². The van der Waals surface area contributed by atoms with E-state index in [4.69, 9.17) is 0 Å². The van der Waals surface area contributed by atoms with Crippen molar-refractivity contribution in [3.05, 3.63) is 58.0 Å². The minimum Gasteiger partial charge on any atom is -0.326 e. The Balaban J connectivity index is 1.52. The van der Waals surface area contributed by atoms with Gasteiger partial charge in [-0.3, -0.25) is 9.36 Å². The molecule has 0 spiro atoms. The number of aromatic nitrogens is 2. The van der Waals surface area contributed by atoms with E-state index in [1.165, 1.54) is 21.0 Å². The Kier molecular flexibility index (Phi) is 5.72. The van der Waals surface area contributed by atoms with Crippen molar-refractivity contribution in [1.82, 2.24) is 13.9 Å². The van der Waals surface area contributed by atoms with Gasteiger partial charge in [0.25, 0.3) is 0 Å². The number of rotatable bonds is 6. The monoisotopic (exact) mass is 442 g/mol. The van der Waals surface area contributed by atoms with E-state index in [9.17, 15) is 18.0 Å². The molecule has 31 heavy (non-hydrogen) atoms. The fourth-order valence-corrected chi connectivity index (χ4v) is 5.44. The molecule has 164 valence electrons. The maximum Gasteiger partial charge on any atom is 0.326 e. The SMILES string of the molecule is Cc1ccc(C)c(NC(=O)CCn2c(=O)[nH]c3cc(S(=O)(=O)N4CCCC4)ccc32)c1. The number of aryl methyl sites for hydroxylation is 3. The van der Waals surface area contributed by atoms with Crippen molar-refractivity contribution in [2.24, 2.45) is 0 Å². The van der Waals surface area contributed by atoms with Gasteiger partial charge in [0.15, 0.2) is 0 Å². The van der Waals surface area contributed by atoms with Crippen LogP contribution in [-0.4, -0.2) is 41.3 Å². The van der Waals surface area contributed by atoms with Crippen LogP contribution in [0.1, 0.15) is 30.4 Å². The molecule has 1 amide bonds. The maximum atomic E-state index is 12.8. The molecule has 1 aliphatic rings. The molecular weight excluding hydrogens is 416 g/mol. The van der Waals surface area contributed by atoms with Gasteiger partial charge >= 0.3 is 5.69 Å². The Morgan fingerprint density at radius 3 is 2.58 bits per heavy atom.